The molecule has 4 aromatic carbocycles. The summed E-state index contributed by atoms with van der Waals surface area (Å²) in [4.78, 5) is 45.7. The minimum atomic E-state index is -0.675. The van der Waals surface area contributed by atoms with Crippen molar-refractivity contribution < 1.29 is 33.4 Å². The monoisotopic (exact) mass is 506 g/mol. The van der Waals surface area contributed by atoms with Crippen LogP contribution in [0, 0.1) is 0 Å². The van der Waals surface area contributed by atoms with E-state index in [1.807, 2.05) is 48.5 Å². The molecule has 0 radical (unpaired) electrons. The van der Waals surface area contributed by atoms with Crippen LogP contribution in [0.1, 0.15) is 66.4 Å². The number of rotatable bonds is 8. The normalized spacial score (nSPS) is 12.5. The summed E-state index contributed by atoms with van der Waals surface area (Å²) in [6.45, 7) is 4.21. The molecule has 0 bridgehead atoms. The van der Waals surface area contributed by atoms with E-state index in [0.717, 1.165) is 11.1 Å². The van der Waals surface area contributed by atoms with Crippen molar-refractivity contribution in [2.24, 2.45) is 0 Å². The molecule has 5 rings (SSSR count). The first-order chi connectivity index (χ1) is 18.3. The Morgan fingerprint density at radius 3 is 1.61 bits per heavy atom. The molecular weight excluding hydrogens is 484 g/mol. The third-order valence-corrected chi connectivity index (χ3v) is 6.55. The van der Waals surface area contributed by atoms with Gasteiger partial charge in [0.25, 0.3) is 0 Å². The highest BCUT2D eigenvalue weighted by atomic mass is 16.6. The lowest BCUT2D eigenvalue weighted by Crippen LogP contribution is -2.18. The van der Waals surface area contributed by atoms with Gasteiger partial charge in [0.1, 0.15) is 23.0 Å². The molecule has 0 aliphatic carbocycles. The molecule has 0 atom stereocenters. The van der Waals surface area contributed by atoms with Gasteiger partial charge in [-0.05, 0) is 71.8 Å². The highest BCUT2D eigenvalue weighted by Gasteiger charge is 2.30. The Morgan fingerprint density at radius 2 is 1.05 bits per heavy atom. The minimum Gasteiger partial charge on any atom is -0.457 e. The largest absolute Gasteiger partial charge is 0.457 e. The van der Waals surface area contributed by atoms with Crippen LogP contribution in [0.3, 0.4) is 0 Å². The van der Waals surface area contributed by atoms with Gasteiger partial charge in [-0.2, -0.15) is 0 Å². The molecule has 0 amide bonds. The van der Waals surface area contributed by atoms with E-state index in [-0.39, 0.29) is 22.1 Å². The molecule has 38 heavy (non-hydrogen) atoms. The van der Waals surface area contributed by atoms with Crippen LogP contribution in [-0.2, 0) is 10.2 Å². The molecule has 1 aliphatic heterocycles. The van der Waals surface area contributed by atoms with Gasteiger partial charge in [0.2, 0.25) is 0 Å². The van der Waals surface area contributed by atoms with E-state index in [4.69, 9.17) is 9.47 Å². The molecule has 1 heterocycles. The number of esters is 2. The summed E-state index contributed by atoms with van der Waals surface area (Å²) in [5, 5.41) is 0. The summed E-state index contributed by atoms with van der Waals surface area (Å²) >= 11 is 0. The average molecular weight is 507 g/mol. The zero-order valence-corrected chi connectivity index (χ0v) is 20.6. The summed E-state index contributed by atoms with van der Waals surface area (Å²) in [7, 11) is 0. The smallest absolute Gasteiger partial charge is 0.347 e. The van der Waals surface area contributed by atoms with Crippen molar-refractivity contribution in [1.29, 1.82) is 0 Å². The fourth-order valence-corrected chi connectivity index (χ4v) is 4.27. The van der Waals surface area contributed by atoms with Crippen LogP contribution in [0.25, 0.3) is 0 Å². The van der Waals surface area contributed by atoms with Crippen molar-refractivity contribution in [2.45, 2.75) is 19.3 Å². The minimum absolute atomic E-state index is 0.194. The van der Waals surface area contributed by atoms with Crippen molar-refractivity contribution in [1.82, 2.24) is 0 Å². The topological polar surface area (TPSA) is 96.0 Å². The van der Waals surface area contributed by atoms with E-state index in [1.54, 1.807) is 18.2 Å². The predicted octanol–water partition coefficient (Wildman–Crippen LogP) is 6.53. The van der Waals surface area contributed by atoms with E-state index in [9.17, 15) is 19.2 Å². The Kier molecular flexibility index (Phi) is 6.34. The maximum atomic E-state index is 11.8. The molecule has 1 aliphatic rings. The third-order valence-electron chi connectivity index (χ3n) is 6.55. The number of ether oxygens (including phenoxy) is 3. The second-order valence-corrected chi connectivity index (χ2v) is 9.29. The van der Waals surface area contributed by atoms with Crippen LogP contribution < -0.4 is 9.47 Å². The van der Waals surface area contributed by atoms with Gasteiger partial charge >= 0.3 is 11.9 Å². The van der Waals surface area contributed by atoms with E-state index in [2.05, 4.69) is 18.6 Å². The lowest BCUT2D eigenvalue weighted by atomic mass is 9.78. The van der Waals surface area contributed by atoms with Crippen LogP contribution >= 0.6 is 0 Å². The number of carbonyl (C=O) groups is 4. The van der Waals surface area contributed by atoms with Gasteiger partial charge in [0.05, 0.1) is 11.1 Å². The number of cyclic esters (lactones) is 2. The van der Waals surface area contributed by atoms with Gasteiger partial charge in [0, 0.05) is 16.5 Å². The molecule has 7 nitrogen and oxygen atoms in total. The molecular formula is C31H22O7. The summed E-state index contributed by atoms with van der Waals surface area (Å²) < 4.78 is 16.4. The fourth-order valence-electron chi connectivity index (χ4n) is 4.27. The number of benzene rings is 4. The van der Waals surface area contributed by atoms with E-state index >= 15 is 0 Å². The summed E-state index contributed by atoms with van der Waals surface area (Å²) in [5.74, 6) is 0.755. The van der Waals surface area contributed by atoms with Crippen LogP contribution in [0.5, 0.6) is 23.0 Å². The first-order valence-electron chi connectivity index (χ1n) is 11.8. The molecule has 7 heteroatoms. The Morgan fingerprint density at radius 1 is 0.579 bits per heavy atom. The number of hydrogen-bond donors (Lipinski definition) is 0. The van der Waals surface area contributed by atoms with Crippen LogP contribution in [-0.4, -0.2) is 24.5 Å². The van der Waals surface area contributed by atoms with Crippen LogP contribution in [0.2, 0.25) is 0 Å². The summed E-state index contributed by atoms with van der Waals surface area (Å²) in [5.41, 5.74) is 2.81. The lowest BCUT2D eigenvalue weighted by molar-refractivity contribution is 0.0443. The first-order valence-corrected chi connectivity index (χ1v) is 11.8. The van der Waals surface area contributed by atoms with E-state index < -0.39 is 11.9 Å². The molecule has 4 aromatic rings. The fraction of sp³-hybridized carbons (Fsp3) is 0.0968. The average Bonchev–Trinajstić information content (AvgIpc) is 3.21. The van der Waals surface area contributed by atoms with Crippen molar-refractivity contribution in [3.05, 3.63) is 118 Å². The van der Waals surface area contributed by atoms with E-state index in [0.29, 0.717) is 41.1 Å². The van der Waals surface area contributed by atoms with Gasteiger partial charge in [-0.25, -0.2) is 9.59 Å². The highest BCUT2D eigenvalue weighted by Crippen LogP contribution is 2.35. The molecule has 0 N–H and O–H groups in total. The molecule has 0 fully saturated rings. The van der Waals surface area contributed by atoms with E-state index in [1.165, 1.54) is 18.2 Å². The second kappa shape index (κ2) is 9.78. The zero-order valence-electron chi connectivity index (χ0n) is 20.6. The lowest BCUT2D eigenvalue weighted by Gasteiger charge is -2.26. The standard InChI is InChI=1S/C31H22O7/c1-31(2,21-4-9-23(10-5-21)36-25-8-3-19(17-32)20(15-25)18-33)22-6-11-24(12-7-22)37-26-13-14-27-28(16-26)30(35)38-29(27)34/h3-18H,1-2H3. The number of carbonyl (C=O) groups excluding carboxylic acids is 4. The Hall–Kier alpha value is -5.04. The molecule has 0 spiro atoms. The quantitative estimate of drug-likeness (QED) is 0.152. The zero-order chi connectivity index (χ0) is 26.9. The van der Waals surface area contributed by atoms with Gasteiger partial charge in [-0.15, -0.1) is 0 Å². The van der Waals surface area contributed by atoms with Crippen LogP contribution in [0.15, 0.2) is 84.9 Å². The van der Waals surface area contributed by atoms with Crippen molar-refractivity contribution in [3.8, 4) is 23.0 Å². The highest BCUT2D eigenvalue weighted by molar-refractivity contribution is 6.14. The van der Waals surface area contributed by atoms with Gasteiger partial charge < -0.3 is 14.2 Å². The van der Waals surface area contributed by atoms with Crippen molar-refractivity contribution >= 4 is 24.5 Å². The maximum absolute atomic E-state index is 11.8. The van der Waals surface area contributed by atoms with Gasteiger partial charge in [-0.1, -0.05) is 38.1 Å². The summed E-state index contributed by atoms with van der Waals surface area (Å²) in [6, 6.07) is 24.7. The second-order valence-electron chi connectivity index (χ2n) is 9.29. The van der Waals surface area contributed by atoms with Gasteiger partial charge in [-0.3, -0.25) is 9.59 Å². The molecule has 0 unspecified atom stereocenters. The Balaban J connectivity index is 1.29. The SMILES string of the molecule is CC(C)(c1ccc(Oc2ccc(C=O)c(C=O)c2)cc1)c1ccc(Oc2ccc3c(c2)C(=O)OC3=O)cc1. The molecule has 188 valence electrons. The maximum Gasteiger partial charge on any atom is 0.347 e. The Bertz CT molecular complexity index is 1570. The van der Waals surface area contributed by atoms with Gasteiger partial charge in [0.15, 0.2) is 12.6 Å². The number of aldehydes is 2. The molecule has 0 saturated heterocycles. The third kappa shape index (κ3) is 4.69. The Labute approximate surface area is 218 Å². The van der Waals surface area contributed by atoms with Crippen molar-refractivity contribution in [3.63, 3.8) is 0 Å². The van der Waals surface area contributed by atoms with Crippen molar-refractivity contribution in [2.75, 3.05) is 0 Å². The molecule has 0 aromatic heterocycles. The van der Waals surface area contributed by atoms with Crippen LogP contribution in [0.4, 0.5) is 0 Å². The summed E-state index contributed by atoms with van der Waals surface area (Å²) in [6.07, 6.45) is 1.26. The first kappa shape index (κ1) is 24.6. The predicted molar refractivity (Wildman–Crippen MR) is 139 cm³/mol. The number of fused-ring (bicyclic) bond motifs is 1. The number of hydrogen-bond acceptors (Lipinski definition) is 7. The molecule has 0 saturated carbocycles.